The standard InChI is InChI=1S/C57H58N2O2/c1-5-40-51(61-55-53(40)43-28-15-19-33-48(43)58(55)38-22-9-7-10-23-38)36-37(3)52-41-26-13-17-31-46(41)57(4,47-32-18-14-27-42(47)52)35-21-30-45-50(6-2)60-56-54(45)44-29-16-20-34-49(44)59(56)39-24-11-8-12-25-39/h5-11,13-14,16,19-22,24,26-27,29-30,33-34,36,38,46,53-56H,2-3,12,15,17-18,23,25,28,31-32,35H2,1,4H3/b30-21-,40-5+,51-36+/t38?,46?,53?,54-,55?,56?,57?/m0/s1. The van der Waals surface area contributed by atoms with Crippen molar-refractivity contribution in [2.45, 2.75) is 102 Å². The summed E-state index contributed by atoms with van der Waals surface area (Å²) in [5, 5.41) is 0. The molecule has 4 heterocycles. The van der Waals surface area contributed by atoms with Crippen molar-refractivity contribution < 1.29 is 9.47 Å². The van der Waals surface area contributed by atoms with E-state index in [4.69, 9.17) is 16.1 Å². The third-order valence-corrected chi connectivity index (χ3v) is 15.3. The molecule has 7 atom stereocenters. The minimum Gasteiger partial charge on any atom is -0.469 e. The molecule has 6 aliphatic carbocycles. The third kappa shape index (κ3) is 5.99. The summed E-state index contributed by atoms with van der Waals surface area (Å²) in [6.07, 6.45) is 51.8. The molecule has 1 aromatic carbocycles. The van der Waals surface area contributed by atoms with Crippen LogP contribution in [0, 0.1) is 17.3 Å². The second-order valence-corrected chi connectivity index (χ2v) is 18.4. The number of rotatable bonds is 8. The summed E-state index contributed by atoms with van der Waals surface area (Å²) in [5.41, 5.74) is 16.1. The topological polar surface area (TPSA) is 24.9 Å². The molecule has 1 saturated heterocycles. The molecule has 0 saturated carbocycles. The fraction of sp³-hybridized carbons (Fsp3) is 0.333. The van der Waals surface area contributed by atoms with E-state index < -0.39 is 0 Å². The van der Waals surface area contributed by atoms with Crippen molar-refractivity contribution in [3.8, 4) is 0 Å². The Hall–Kier alpha value is -5.74. The van der Waals surface area contributed by atoms with Crippen molar-refractivity contribution in [1.29, 1.82) is 0 Å². The minimum atomic E-state index is -0.0966. The number of allylic oxidation sites excluding steroid dienone is 23. The zero-order valence-electron chi connectivity index (χ0n) is 35.9. The van der Waals surface area contributed by atoms with Gasteiger partial charge in [0.1, 0.15) is 11.5 Å². The lowest BCUT2D eigenvalue weighted by molar-refractivity contribution is 0.0135. The average molecular weight is 803 g/mol. The fourth-order valence-electron chi connectivity index (χ4n) is 12.6. The molecule has 308 valence electrons. The Kier molecular flexibility index (Phi) is 9.59. The molecule has 4 aliphatic heterocycles. The number of fused-ring (bicyclic) bond motifs is 6. The van der Waals surface area contributed by atoms with Crippen LogP contribution in [0.1, 0.15) is 89.5 Å². The number of ether oxygens (including phenoxy) is 2. The van der Waals surface area contributed by atoms with Gasteiger partial charge in [0.05, 0.1) is 17.9 Å². The zero-order valence-corrected chi connectivity index (χ0v) is 35.9. The molecule has 0 N–H and O–H groups in total. The van der Waals surface area contributed by atoms with Gasteiger partial charge in [-0.15, -0.1) is 0 Å². The summed E-state index contributed by atoms with van der Waals surface area (Å²) >= 11 is 0. The highest BCUT2D eigenvalue weighted by Gasteiger charge is 2.52. The van der Waals surface area contributed by atoms with Gasteiger partial charge in [0.15, 0.2) is 12.5 Å². The maximum Gasteiger partial charge on any atom is 0.187 e. The van der Waals surface area contributed by atoms with E-state index in [1.807, 2.05) is 6.08 Å². The summed E-state index contributed by atoms with van der Waals surface area (Å²) in [7, 11) is 0. The summed E-state index contributed by atoms with van der Waals surface area (Å²) in [4.78, 5) is 5.01. The van der Waals surface area contributed by atoms with Gasteiger partial charge in [-0.1, -0.05) is 129 Å². The van der Waals surface area contributed by atoms with Crippen LogP contribution in [0.5, 0.6) is 0 Å². The van der Waals surface area contributed by atoms with E-state index in [2.05, 4.69) is 158 Å². The van der Waals surface area contributed by atoms with Crippen molar-refractivity contribution in [2.24, 2.45) is 17.3 Å². The highest BCUT2D eigenvalue weighted by Crippen LogP contribution is 2.59. The van der Waals surface area contributed by atoms with Gasteiger partial charge in [0.2, 0.25) is 0 Å². The smallest absolute Gasteiger partial charge is 0.187 e. The number of hydrogen-bond acceptors (Lipinski definition) is 4. The van der Waals surface area contributed by atoms with Crippen molar-refractivity contribution in [3.05, 3.63) is 220 Å². The molecule has 6 unspecified atom stereocenters. The molecule has 11 rings (SSSR count). The lowest BCUT2D eigenvalue weighted by atomic mass is 9.56. The van der Waals surface area contributed by atoms with Crippen LogP contribution in [-0.4, -0.2) is 23.4 Å². The van der Waals surface area contributed by atoms with Gasteiger partial charge in [-0.05, 0) is 146 Å². The number of benzene rings is 1. The second kappa shape index (κ2) is 15.3. The monoisotopic (exact) mass is 802 g/mol. The minimum absolute atomic E-state index is 0.0323. The lowest BCUT2D eigenvalue weighted by Crippen LogP contribution is -2.40. The Balaban J connectivity index is 0.916. The molecule has 0 radical (unpaired) electrons. The second-order valence-electron chi connectivity index (χ2n) is 18.4. The van der Waals surface area contributed by atoms with E-state index in [0.717, 1.165) is 81.3 Å². The van der Waals surface area contributed by atoms with Gasteiger partial charge in [-0.25, -0.2) is 0 Å². The third-order valence-electron chi connectivity index (χ3n) is 15.3. The quantitative estimate of drug-likeness (QED) is 0.261. The Bertz CT molecular complexity index is 2550. The lowest BCUT2D eigenvalue weighted by Gasteiger charge is -2.48. The van der Waals surface area contributed by atoms with E-state index in [1.54, 1.807) is 5.57 Å². The summed E-state index contributed by atoms with van der Waals surface area (Å²) in [6, 6.07) is 9.18. The maximum atomic E-state index is 7.14. The van der Waals surface area contributed by atoms with Crippen LogP contribution < -0.4 is 4.90 Å². The van der Waals surface area contributed by atoms with Crippen molar-refractivity contribution in [1.82, 2.24) is 4.90 Å². The van der Waals surface area contributed by atoms with Gasteiger partial charge < -0.3 is 19.3 Å². The molecular weight excluding hydrogens is 745 g/mol. The highest BCUT2D eigenvalue weighted by molar-refractivity contribution is 5.71. The summed E-state index contributed by atoms with van der Waals surface area (Å²) in [5.74, 6) is 2.66. The molecule has 0 aromatic heterocycles. The van der Waals surface area contributed by atoms with Crippen molar-refractivity contribution >= 4 is 5.69 Å². The predicted octanol–water partition coefficient (Wildman–Crippen LogP) is 13.7. The van der Waals surface area contributed by atoms with E-state index in [0.29, 0.717) is 12.0 Å². The van der Waals surface area contributed by atoms with Crippen LogP contribution in [0.25, 0.3) is 0 Å². The molecule has 10 aliphatic rings. The van der Waals surface area contributed by atoms with Gasteiger partial charge in [0.25, 0.3) is 0 Å². The van der Waals surface area contributed by atoms with Crippen LogP contribution in [0.3, 0.4) is 0 Å². The number of hydrogen-bond donors (Lipinski definition) is 0. The van der Waals surface area contributed by atoms with E-state index in [1.165, 1.54) is 56.1 Å². The average Bonchev–Trinajstić information content (AvgIpc) is 4.03. The first-order chi connectivity index (χ1) is 30.0. The largest absolute Gasteiger partial charge is 0.469 e. The maximum absolute atomic E-state index is 7.14. The summed E-state index contributed by atoms with van der Waals surface area (Å²) < 4.78 is 14.0. The number of nitrogens with zero attached hydrogens (tertiary/aromatic N) is 2. The van der Waals surface area contributed by atoms with Crippen LogP contribution in [-0.2, 0) is 9.47 Å². The molecule has 4 heteroatoms. The normalized spacial score (nSPS) is 33.0. The Morgan fingerprint density at radius 2 is 1.75 bits per heavy atom. The predicted molar refractivity (Wildman–Crippen MR) is 250 cm³/mol. The molecule has 1 fully saturated rings. The van der Waals surface area contributed by atoms with Crippen LogP contribution >= 0.6 is 0 Å². The highest BCUT2D eigenvalue weighted by atomic mass is 16.5. The molecular formula is C57H58N2O2. The molecule has 0 spiro atoms. The van der Waals surface area contributed by atoms with Gasteiger partial charge in [-0.3, -0.25) is 0 Å². The van der Waals surface area contributed by atoms with Crippen LogP contribution in [0.2, 0.25) is 0 Å². The van der Waals surface area contributed by atoms with Crippen LogP contribution in [0.4, 0.5) is 5.69 Å². The number of para-hydroxylation sites is 1. The van der Waals surface area contributed by atoms with Crippen LogP contribution in [0.15, 0.2) is 214 Å². The number of anilines is 1. The first kappa shape index (κ1) is 38.2. The summed E-state index contributed by atoms with van der Waals surface area (Å²) in [6.45, 7) is 13.9. The van der Waals surface area contributed by atoms with Gasteiger partial charge >= 0.3 is 0 Å². The van der Waals surface area contributed by atoms with Crippen molar-refractivity contribution in [2.75, 3.05) is 4.90 Å². The zero-order chi connectivity index (χ0) is 41.2. The van der Waals surface area contributed by atoms with Gasteiger partial charge in [0, 0.05) is 28.2 Å². The van der Waals surface area contributed by atoms with Crippen molar-refractivity contribution in [3.63, 3.8) is 0 Å². The van der Waals surface area contributed by atoms with E-state index in [-0.39, 0.29) is 29.7 Å². The molecule has 4 nitrogen and oxygen atoms in total. The Labute approximate surface area is 363 Å². The van der Waals surface area contributed by atoms with E-state index >= 15 is 0 Å². The Morgan fingerprint density at radius 3 is 2.59 bits per heavy atom. The SMILES string of the molecule is C=CC1=C(/C=C\CC2(C)C3=C(C=CCC3)C(C(=C)/C=C3/OC4C(C5=C(C=CCC5)N4C4C=CC=CC4)/C3=C/C)=C3C=CCCC32)[C@@H]2c3ccccc3N(C3=CC=CCC3)C2O1. The van der Waals surface area contributed by atoms with Gasteiger partial charge in [-0.2, -0.15) is 0 Å². The Morgan fingerprint density at radius 1 is 0.902 bits per heavy atom. The first-order valence-electron chi connectivity index (χ1n) is 23.0. The molecule has 0 amide bonds. The first-order valence-corrected chi connectivity index (χ1v) is 23.0. The molecule has 61 heavy (non-hydrogen) atoms. The molecule has 1 aromatic rings. The molecule has 0 bridgehead atoms. The fourth-order valence-corrected chi connectivity index (χ4v) is 12.6. The van der Waals surface area contributed by atoms with E-state index in [9.17, 15) is 0 Å².